The number of ketones is 1. The topological polar surface area (TPSA) is 100 Å². The zero-order valence-electron chi connectivity index (χ0n) is 29.7. The Labute approximate surface area is 250 Å². The normalized spacial score (nSPS) is 15.3. The Kier molecular flexibility index (Phi) is 6.64. The lowest BCUT2D eigenvalue weighted by Crippen LogP contribution is -2.11. The lowest BCUT2D eigenvalue weighted by Gasteiger charge is -2.16. The van der Waals surface area contributed by atoms with Gasteiger partial charge in [0.2, 0.25) is 0 Å². The number of anilines is 2. The van der Waals surface area contributed by atoms with Gasteiger partial charge < -0.3 is 19.7 Å². The number of hydrogen-bond acceptors (Lipinski definition) is 8. The highest BCUT2D eigenvalue weighted by molar-refractivity contribution is 6.32. The number of carbonyl (C=O) groups is 1. The van der Waals surface area contributed by atoms with Crippen molar-refractivity contribution >= 4 is 39.7 Å². The molecule has 0 aliphatic carbocycles. The number of nitrogens with one attached hydrogen (secondary N) is 1. The van der Waals surface area contributed by atoms with Gasteiger partial charge in [0.25, 0.3) is 0 Å². The number of rotatable bonds is 12. The third-order valence-corrected chi connectivity index (χ3v) is 5.79. The number of nitriles is 1. The Morgan fingerprint density at radius 3 is 2.83 bits per heavy atom. The van der Waals surface area contributed by atoms with E-state index < -0.39 is 25.8 Å². The van der Waals surface area contributed by atoms with Crippen molar-refractivity contribution in [3.05, 3.63) is 94.9 Å². The van der Waals surface area contributed by atoms with Crippen LogP contribution in [0.3, 0.4) is 0 Å². The highest BCUT2D eigenvalue weighted by Crippen LogP contribution is 2.36. The quantitative estimate of drug-likeness (QED) is 0.206. The third kappa shape index (κ3) is 7.35. The number of benzene rings is 2. The molecule has 0 unspecified atom stereocenters. The Balaban J connectivity index is 1.76. The number of aromatic nitrogens is 2. The van der Waals surface area contributed by atoms with Crippen LogP contribution in [0.2, 0.25) is 5.02 Å². The first-order chi connectivity index (χ1) is 22.4. The van der Waals surface area contributed by atoms with Crippen molar-refractivity contribution in [3.63, 3.8) is 0 Å². The van der Waals surface area contributed by atoms with Crippen molar-refractivity contribution < 1.29 is 25.2 Å². The molecule has 9 heteroatoms. The number of halogens is 1. The SMILES string of the molecule is [2H]/C(=C\C(=O)Cc1cc2c(Nc3ccc(OC([2H])([2H])c4ccccn4)c(Cl)c3)c(C#N)cnc2cc1OC([2H])([2H])C([2H])([2H])[2H])CN(C)C. The number of ether oxygens (including phenoxy) is 2. The van der Waals surface area contributed by atoms with E-state index in [4.69, 9.17) is 32.0 Å². The van der Waals surface area contributed by atoms with E-state index in [1.165, 1.54) is 42.7 Å². The maximum atomic E-state index is 13.0. The molecular weight excluding hydrogens is 526 g/mol. The summed E-state index contributed by atoms with van der Waals surface area (Å²) in [4.78, 5) is 23.0. The average Bonchev–Trinajstić information content (AvgIpc) is 2.98. The first kappa shape index (κ1) is 19.6. The predicted molar refractivity (Wildman–Crippen MR) is 157 cm³/mol. The molecule has 2 aromatic carbocycles. The highest BCUT2D eigenvalue weighted by atomic mass is 35.5. The van der Waals surface area contributed by atoms with Crippen molar-refractivity contribution in [1.29, 1.82) is 5.26 Å². The van der Waals surface area contributed by atoms with Crippen molar-refractivity contribution in [2.45, 2.75) is 19.8 Å². The summed E-state index contributed by atoms with van der Waals surface area (Å²) in [5.41, 5.74) is 1.02. The van der Waals surface area contributed by atoms with Gasteiger partial charge in [0.1, 0.15) is 24.1 Å². The van der Waals surface area contributed by atoms with Crippen LogP contribution in [0.15, 0.2) is 73.1 Å². The fraction of sp³-hybridized carbons (Fsp3) is 0.226. The van der Waals surface area contributed by atoms with E-state index >= 15 is 0 Å². The van der Waals surface area contributed by atoms with Crippen LogP contribution in [0.4, 0.5) is 11.4 Å². The van der Waals surface area contributed by atoms with Gasteiger partial charge in [-0.15, -0.1) is 0 Å². The zero-order valence-corrected chi connectivity index (χ0v) is 22.4. The molecule has 0 saturated carbocycles. The highest BCUT2D eigenvalue weighted by Gasteiger charge is 2.16. The fourth-order valence-corrected chi connectivity index (χ4v) is 3.91. The van der Waals surface area contributed by atoms with Crippen LogP contribution in [-0.4, -0.2) is 47.9 Å². The summed E-state index contributed by atoms with van der Waals surface area (Å²) in [5.74, 6) is -0.744. The van der Waals surface area contributed by atoms with Gasteiger partial charge in [0.05, 0.1) is 40.9 Å². The second kappa shape index (κ2) is 13.6. The summed E-state index contributed by atoms with van der Waals surface area (Å²) in [7, 11) is 3.47. The van der Waals surface area contributed by atoms with E-state index in [1.807, 2.05) is 6.07 Å². The number of pyridine rings is 2. The second-order valence-corrected chi connectivity index (χ2v) is 9.17. The van der Waals surface area contributed by atoms with Gasteiger partial charge in [0.15, 0.2) is 5.78 Å². The van der Waals surface area contributed by atoms with Gasteiger partial charge in [0, 0.05) is 52.2 Å². The molecule has 0 atom stereocenters. The van der Waals surface area contributed by atoms with Crippen LogP contribution in [0.25, 0.3) is 10.9 Å². The molecule has 8 nitrogen and oxygen atoms in total. The maximum absolute atomic E-state index is 13.0. The second-order valence-electron chi connectivity index (χ2n) is 8.76. The molecule has 0 fully saturated rings. The van der Waals surface area contributed by atoms with Crippen molar-refractivity contribution in [1.82, 2.24) is 14.9 Å². The lowest BCUT2D eigenvalue weighted by atomic mass is 10.0. The number of fused-ring (bicyclic) bond motifs is 1. The molecule has 0 aliphatic rings. The smallest absolute Gasteiger partial charge is 0.159 e. The summed E-state index contributed by atoms with van der Waals surface area (Å²) in [5, 5.41) is 13.4. The van der Waals surface area contributed by atoms with Gasteiger partial charge in [-0.05, 0) is 63.4 Å². The summed E-state index contributed by atoms with van der Waals surface area (Å²) in [6.07, 6.45) is 3.43. The summed E-state index contributed by atoms with van der Waals surface area (Å²) < 4.78 is 74.3. The van der Waals surface area contributed by atoms with E-state index in [2.05, 4.69) is 15.3 Å². The van der Waals surface area contributed by atoms with Crippen LogP contribution in [0, 0.1) is 11.3 Å². The molecular formula is C31H30ClN5O3. The largest absolute Gasteiger partial charge is 0.494 e. The number of allylic oxidation sites excluding steroid dienone is 1. The molecule has 0 bridgehead atoms. The number of carbonyl (C=O) groups excluding carboxylic acids is 1. The molecule has 0 spiro atoms. The van der Waals surface area contributed by atoms with Crippen molar-refractivity contribution in [2.24, 2.45) is 0 Å². The van der Waals surface area contributed by atoms with Gasteiger partial charge in [-0.2, -0.15) is 5.26 Å². The molecule has 4 aromatic rings. The van der Waals surface area contributed by atoms with Crippen LogP contribution in [-0.2, 0) is 17.8 Å². The average molecular weight is 564 g/mol. The number of hydrogen-bond donors (Lipinski definition) is 1. The first-order valence-corrected chi connectivity index (χ1v) is 12.3. The fourth-order valence-electron chi connectivity index (χ4n) is 3.69. The molecule has 204 valence electrons. The lowest BCUT2D eigenvalue weighted by molar-refractivity contribution is -0.114. The van der Waals surface area contributed by atoms with E-state index in [0.717, 1.165) is 6.08 Å². The van der Waals surface area contributed by atoms with Crippen LogP contribution in [0.5, 0.6) is 11.5 Å². The Bertz CT molecular complexity index is 1900. The van der Waals surface area contributed by atoms with Crippen molar-refractivity contribution in [2.75, 3.05) is 32.5 Å². The molecule has 0 radical (unpaired) electrons. The Morgan fingerprint density at radius 2 is 2.10 bits per heavy atom. The third-order valence-electron chi connectivity index (χ3n) is 5.50. The molecule has 2 aromatic heterocycles. The molecule has 2 heterocycles. The van der Waals surface area contributed by atoms with E-state index in [-0.39, 0.29) is 63.6 Å². The van der Waals surface area contributed by atoms with Crippen LogP contribution in [0.1, 0.15) is 34.6 Å². The van der Waals surface area contributed by atoms with Gasteiger partial charge in [-0.25, -0.2) is 0 Å². The minimum Gasteiger partial charge on any atom is -0.494 e. The number of nitrogens with zero attached hydrogens (tertiary/aromatic N) is 4. The van der Waals surface area contributed by atoms with Gasteiger partial charge in [-0.3, -0.25) is 14.8 Å². The summed E-state index contributed by atoms with van der Waals surface area (Å²) in [6.45, 7) is -8.39. The Morgan fingerprint density at radius 1 is 1.23 bits per heavy atom. The molecule has 0 aliphatic heterocycles. The first-order valence-electron chi connectivity index (χ1n) is 16.0. The molecule has 4 rings (SSSR count). The zero-order chi connectivity index (χ0) is 35.4. The standard InChI is InChI=1S/C31H30ClN5O3/c1-4-39-30-17-28-26(15-21(30)14-25(38)9-7-13-37(2)3)31(22(18-33)19-35-28)36-23-10-11-29(27(32)16-23)40-20-24-8-5-6-12-34-24/h5-12,15-17,19H,4,13-14,20H2,1-3H3,(H,35,36)/b9-7+/i1D3,4D2,7D,20D2. The summed E-state index contributed by atoms with van der Waals surface area (Å²) in [6, 6.07) is 14.0. The monoisotopic (exact) mass is 563 g/mol. The summed E-state index contributed by atoms with van der Waals surface area (Å²) >= 11 is 6.47. The minimum atomic E-state index is -3.17. The van der Waals surface area contributed by atoms with Gasteiger partial charge in [-0.1, -0.05) is 23.7 Å². The molecule has 0 amide bonds. The molecule has 0 saturated heterocycles. The molecule has 1 N–H and O–H groups in total. The minimum absolute atomic E-state index is 0.0271. The predicted octanol–water partition coefficient (Wildman–Crippen LogP) is 6.11. The molecule has 40 heavy (non-hydrogen) atoms. The van der Waals surface area contributed by atoms with Crippen LogP contribution < -0.4 is 14.8 Å². The van der Waals surface area contributed by atoms with E-state index in [1.54, 1.807) is 37.2 Å². The Hall–Kier alpha value is -4.45. The maximum Gasteiger partial charge on any atom is 0.159 e. The van der Waals surface area contributed by atoms with Crippen LogP contribution >= 0.6 is 11.6 Å². The van der Waals surface area contributed by atoms with E-state index in [9.17, 15) is 10.1 Å². The number of likely N-dealkylation sites (N-methyl/N-ethyl adjacent to an activating group) is 1. The van der Waals surface area contributed by atoms with E-state index in [0.29, 0.717) is 11.1 Å². The van der Waals surface area contributed by atoms with Crippen molar-refractivity contribution in [3.8, 4) is 17.6 Å². The van der Waals surface area contributed by atoms with Gasteiger partial charge >= 0.3 is 0 Å².